The predicted octanol–water partition coefficient (Wildman–Crippen LogP) is 4.25. The van der Waals surface area contributed by atoms with Gasteiger partial charge in [-0.2, -0.15) is 13.2 Å². The fourth-order valence-corrected chi connectivity index (χ4v) is 3.94. The highest BCUT2D eigenvalue weighted by Gasteiger charge is 2.33. The quantitative estimate of drug-likeness (QED) is 0.348. The van der Waals surface area contributed by atoms with Crippen LogP contribution in [0.1, 0.15) is 27.5 Å². The second-order valence-electron chi connectivity index (χ2n) is 7.92. The molecule has 0 atom stereocenters. The third-order valence-electron chi connectivity index (χ3n) is 5.68. The SMILES string of the molecule is COc1ccc(-c2nc(C(=O)NCc3cccc4nccnc34)c(CN)o2)c2ccc(C(F)(F)F)nc12. The van der Waals surface area contributed by atoms with Crippen LogP contribution in [0.4, 0.5) is 13.2 Å². The van der Waals surface area contributed by atoms with Crippen LogP contribution in [-0.4, -0.2) is 33.0 Å². The Kier molecular flexibility index (Phi) is 6.17. The highest BCUT2D eigenvalue weighted by Crippen LogP contribution is 2.37. The van der Waals surface area contributed by atoms with E-state index in [0.717, 1.165) is 11.6 Å². The zero-order chi connectivity index (χ0) is 26.2. The van der Waals surface area contributed by atoms with Gasteiger partial charge in [-0.25, -0.2) is 9.97 Å². The molecule has 0 radical (unpaired) electrons. The first kappa shape index (κ1) is 24.1. The summed E-state index contributed by atoms with van der Waals surface area (Å²) in [5.41, 5.74) is 7.10. The zero-order valence-electron chi connectivity index (χ0n) is 19.3. The third-order valence-corrected chi connectivity index (χ3v) is 5.68. The van der Waals surface area contributed by atoms with Gasteiger partial charge in [-0.15, -0.1) is 0 Å². The summed E-state index contributed by atoms with van der Waals surface area (Å²) < 4.78 is 50.7. The second kappa shape index (κ2) is 9.47. The zero-order valence-corrected chi connectivity index (χ0v) is 19.3. The summed E-state index contributed by atoms with van der Waals surface area (Å²) >= 11 is 0. The first-order chi connectivity index (χ1) is 17.8. The Bertz CT molecular complexity index is 1630. The van der Waals surface area contributed by atoms with E-state index in [1.807, 2.05) is 18.2 Å². The van der Waals surface area contributed by atoms with Gasteiger partial charge in [-0.3, -0.25) is 14.8 Å². The highest BCUT2D eigenvalue weighted by molar-refractivity contribution is 5.98. The van der Waals surface area contributed by atoms with E-state index in [1.165, 1.54) is 19.2 Å². The van der Waals surface area contributed by atoms with Crippen molar-refractivity contribution in [3.8, 4) is 17.2 Å². The maximum atomic E-state index is 13.2. The number of hydrogen-bond donors (Lipinski definition) is 2. The van der Waals surface area contributed by atoms with Gasteiger partial charge in [-0.05, 0) is 35.9 Å². The van der Waals surface area contributed by atoms with E-state index in [2.05, 4.69) is 25.3 Å². The number of alkyl halides is 3. The average Bonchev–Trinajstić information content (AvgIpc) is 3.34. The molecule has 9 nitrogen and oxygen atoms in total. The number of amides is 1. The van der Waals surface area contributed by atoms with Crippen molar-refractivity contribution in [2.24, 2.45) is 5.73 Å². The molecule has 0 fully saturated rings. The minimum absolute atomic E-state index is 0.0100. The lowest BCUT2D eigenvalue weighted by Gasteiger charge is -2.11. The molecule has 0 aliphatic rings. The summed E-state index contributed by atoms with van der Waals surface area (Å²) in [4.78, 5) is 29.7. The monoisotopic (exact) mass is 508 g/mol. The summed E-state index contributed by atoms with van der Waals surface area (Å²) in [5.74, 6) is -0.261. The van der Waals surface area contributed by atoms with E-state index in [0.29, 0.717) is 22.0 Å². The number of benzene rings is 2. The van der Waals surface area contributed by atoms with Gasteiger partial charge in [0.05, 0.1) is 24.7 Å². The Hall–Kier alpha value is -4.58. The Labute approximate surface area is 207 Å². The molecule has 0 bridgehead atoms. The maximum Gasteiger partial charge on any atom is 0.433 e. The number of pyridine rings is 1. The lowest BCUT2D eigenvalue weighted by molar-refractivity contribution is -0.140. The van der Waals surface area contributed by atoms with Crippen molar-refractivity contribution in [1.29, 1.82) is 0 Å². The summed E-state index contributed by atoms with van der Waals surface area (Å²) in [6.45, 7) is 0.0245. The fourth-order valence-electron chi connectivity index (χ4n) is 3.94. The molecule has 0 aliphatic heterocycles. The molecule has 2 aromatic carbocycles. The minimum atomic E-state index is -4.63. The molecule has 188 valence electrons. The van der Waals surface area contributed by atoms with Gasteiger partial charge in [0.2, 0.25) is 5.89 Å². The van der Waals surface area contributed by atoms with E-state index in [9.17, 15) is 18.0 Å². The molecular weight excluding hydrogens is 489 g/mol. The molecule has 3 heterocycles. The van der Waals surface area contributed by atoms with Crippen molar-refractivity contribution in [2.75, 3.05) is 7.11 Å². The average molecular weight is 508 g/mol. The lowest BCUT2D eigenvalue weighted by Crippen LogP contribution is -2.25. The number of rotatable bonds is 6. The molecule has 5 aromatic rings. The number of methoxy groups -OCH3 is 1. The molecule has 0 spiro atoms. The van der Waals surface area contributed by atoms with Gasteiger partial charge in [0.15, 0.2) is 11.5 Å². The largest absolute Gasteiger partial charge is 0.494 e. The summed E-state index contributed by atoms with van der Waals surface area (Å²) in [6, 6.07) is 10.6. The Morgan fingerprint density at radius 2 is 1.86 bits per heavy atom. The topological polar surface area (TPSA) is 129 Å². The summed E-state index contributed by atoms with van der Waals surface area (Å²) in [7, 11) is 1.33. The molecule has 1 amide bonds. The molecule has 5 rings (SSSR count). The number of ether oxygens (including phenoxy) is 1. The highest BCUT2D eigenvalue weighted by atomic mass is 19.4. The smallest absolute Gasteiger partial charge is 0.433 e. The molecule has 0 unspecified atom stereocenters. The standard InChI is InChI=1S/C25H19F3N6O3/c1-36-17-7-5-15(14-6-8-19(25(26,27)28)33-21(14)17)24-34-22(18(11-29)37-24)23(35)32-12-13-3-2-4-16-20(13)31-10-9-30-16/h2-10H,11-12,29H2,1H3,(H,32,35). The van der Waals surface area contributed by atoms with Crippen LogP contribution in [0.3, 0.4) is 0 Å². The Morgan fingerprint density at radius 3 is 2.62 bits per heavy atom. The molecule has 37 heavy (non-hydrogen) atoms. The minimum Gasteiger partial charge on any atom is -0.494 e. The maximum absolute atomic E-state index is 13.2. The van der Waals surface area contributed by atoms with Crippen LogP contribution in [0, 0.1) is 0 Å². The number of halogens is 3. The number of para-hydroxylation sites is 1. The van der Waals surface area contributed by atoms with Crippen LogP contribution >= 0.6 is 0 Å². The first-order valence-corrected chi connectivity index (χ1v) is 11.0. The number of oxazole rings is 1. The normalized spacial score (nSPS) is 11.7. The molecule has 0 aliphatic carbocycles. The van der Waals surface area contributed by atoms with E-state index in [1.54, 1.807) is 18.5 Å². The van der Waals surface area contributed by atoms with E-state index in [-0.39, 0.29) is 41.7 Å². The number of fused-ring (bicyclic) bond motifs is 2. The Morgan fingerprint density at radius 1 is 1.05 bits per heavy atom. The van der Waals surface area contributed by atoms with Gasteiger partial charge in [-0.1, -0.05) is 12.1 Å². The summed E-state index contributed by atoms with van der Waals surface area (Å²) in [5, 5.41) is 3.09. The van der Waals surface area contributed by atoms with E-state index in [4.69, 9.17) is 14.9 Å². The van der Waals surface area contributed by atoms with Crippen LogP contribution in [0.15, 0.2) is 59.3 Å². The molecule has 0 saturated carbocycles. The van der Waals surface area contributed by atoms with Gasteiger partial charge >= 0.3 is 6.18 Å². The molecule has 12 heteroatoms. The van der Waals surface area contributed by atoms with Crippen molar-refractivity contribution in [1.82, 2.24) is 25.3 Å². The summed E-state index contributed by atoms with van der Waals surface area (Å²) in [6.07, 6.45) is -1.49. The number of carbonyl (C=O) groups is 1. The number of carbonyl (C=O) groups excluding carboxylic acids is 1. The van der Waals surface area contributed by atoms with Crippen LogP contribution < -0.4 is 15.8 Å². The number of nitrogens with two attached hydrogens (primary N) is 1. The third kappa shape index (κ3) is 4.54. The van der Waals surface area contributed by atoms with Crippen molar-refractivity contribution < 1.29 is 27.1 Å². The van der Waals surface area contributed by atoms with Crippen molar-refractivity contribution >= 4 is 27.8 Å². The van der Waals surface area contributed by atoms with Crippen LogP contribution in [0.25, 0.3) is 33.4 Å². The van der Waals surface area contributed by atoms with E-state index >= 15 is 0 Å². The number of hydrogen-bond acceptors (Lipinski definition) is 8. The molecule has 0 saturated heterocycles. The Balaban J connectivity index is 1.49. The number of nitrogens with zero attached hydrogens (tertiary/aromatic N) is 4. The van der Waals surface area contributed by atoms with Crippen molar-refractivity contribution in [2.45, 2.75) is 19.3 Å². The molecular formula is C25H19F3N6O3. The number of aromatic nitrogens is 4. The molecule has 3 aromatic heterocycles. The molecule has 3 N–H and O–H groups in total. The van der Waals surface area contributed by atoms with Crippen LogP contribution in [0.5, 0.6) is 5.75 Å². The first-order valence-electron chi connectivity index (χ1n) is 11.0. The fraction of sp³-hybridized carbons (Fsp3) is 0.160. The van der Waals surface area contributed by atoms with Crippen LogP contribution in [-0.2, 0) is 19.3 Å². The van der Waals surface area contributed by atoms with Gasteiger partial charge in [0, 0.05) is 29.9 Å². The van der Waals surface area contributed by atoms with Gasteiger partial charge in [0.1, 0.15) is 17.0 Å². The lowest BCUT2D eigenvalue weighted by atomic mass is 10.1. The second-order valence-corrected chi connectivity index (χ2v) is 7.92. The van der Waals surface area contributed by atoms with Gasteiger partial charge < -0.3 is 20.2 Å². The predicted molar refractivity (Wildman–Crippen MR) is 127 cm³/mol. The van der Waals surface area contributed by atoms with Crippen molar-refractivity contribution in [3.63, 3.8) is 0 Å². The van der Waals surface area contributed by atoms with Gasteiger partial charge in [0.25, 0.3) is 5.91 Å². The number of nitrogens with one attached hydrogen (secondary N) is 1. The van der Waals surface area contributed by atoms with Crippen molar-refractivity contribution in [3.05, 3.63) is 77.6 Å². The van der Waals surface area contributed by atoms with Crippen LogP contribution in [0.2, 0.25) is 0 Å². The van der Waals surface area contributed by atoms with E-state index < -0.39 is 17.8 Å².